The Balaban J connectivity index is 1.55. The van der Waals surface area contributed by atoms with E-state index in [9.17, 15) is 4.79 Å². The summed E-state index contributed by atoms with van der Waals surface area (Å²) in [7, 11) is 0. The Morgan fingerprint density at radius 3 is 2.79 bits per heavy atom. The van der Waals surface area contributed by atoms with Gasteiger partial charge in [0.25, 0.3) is 0 Å². The van der Waals surface area contributed by atoms with Gasteiger partial charge in [0.05, 0.1) is 12.2 Å². The molecule has 2 saturated carbocycles. The maximum absolute atomic E-state index is 12.5. The molecule has 4 heteroatoms. The minimum atomic E-state index is 0.160. The molecule has 3 fully saturated rings. The topological polar surface area (TPSA) is 29.5 Å². The van der Waals surface area contributed by atoms with Crippen molar-refractivity contribution in [2.24, 2.45) is 17.8 Å². The van der Waals surface area contributed by atoms with E-state index in [0.717, 1.165) is 36.7 Å². The van der Waals surface area contributed by atoms with Gasteiger partial charge in [0.15, 0.2) is 0 Å². The SMILES string of the molecule is CC1CN(C(=O)CC2CC3CCC2C3)CC(CBr)O1. The van der Waals surface area contributed by atoms with E-state index >= 15 is 0 Å². The molecular weight excluding hydrogens is 306 g/mol. The molecule has 0 aromatic rings. The summed E-state index contributed by atoms with van der Waals surface area (Å²) in [4.78, 5) is 14.5. The molecule has 108 valence electrons. The first-order chi connectivity index (χ1) is 9.15. The van der Waals surface area contributed by atoms with Crippen molar-refractivity contribution in [1.29, 1.82) is 0 Å². The molecule has 3 aliphatic rings. The normalized spacial score (nSPS) is 41.8. The molecule has 1 saturated heterocycles. The summed E-state index contributed by atoms with van der Waals surface area (Å²) >= 11 is 3.47. The summed E-state index contributed by atoms with van der Waals surface area (Å²) in [5.41, 5.74) is 0. The average molecular weight is 330 g/mol. The number of nitrogens with zero attached hydrogens (tertiary/aromatic N) is 1. The fourth-order valence-corrected chi connectivity index (χ4v) is 4.67. The second-order valence-corrected chi connectivity index (χ2v) is 7.31. The molecule has 1 heterocycles. The highest BCUT2D eigenvalue weighted by molar-refractivity contribution is 9.09. The molecule has 19 heavy (non-hydrogen) atoms. The highest BCUT2D eigenvalue weighted by Gasteiger charge is 2.41. The summed E-state index contributed by atoms with van der Waals surface area (Å²) in [5, 5.41) is 0.815. The number of carbonyl (C=O) groups is 1. The summed E-state index contributed by atoms with van der Waals surface area (Å²) < 4.78 is 5.79. The lowest BCUT2D eigenvalue weighted by Crippen LogP contribution is -2.50. The zero-order valence-corrected chi connectivity index (χ0v) is 13.3. The van der Waals surface area contributed by atoms with Gasteiger partial charge in [-0.05, 0) is 43.9 Å². The summed E-state index contributed by atoms with van der Waals surface area (Å²) in [6.45, 7) is 3.59. The monoisotopic (exact) mass is 329 g/mol. The summed E-state index contributed by atoms with van der Waals surface area (Å²) in [5.74, 6) is 2.81. The van der Waals surface area contributed by atoms with Crippen molar-refractivity contribution in [3.8, 4) is 0 Å². The molecule has 0 aromatic carbocycles. The minimum absolute atomic E-state index is 0.160. The van der Waals surface area contributed by atoms with Crippen LogP contribution in [-0.4, -0.2) is 41.4 Å². The standard InChI is InChI=1S/C15H24BrNO2/c1-10-8-17(9-14(7-16)19-10)15(18)6-13-5-11-2-3-12(13)4-11/h10-14H,2-9H2,1H3. The molecule has 1 aliphatic heterocycles. The third kappa shape index (κ3) is 2.99. The first-order valence-electron chi connectivity index (χ1n) is 7.65. The van der Waals surface area contributed by atoms with Crippen molar-refractivity contribution in [2.45, 2.75) is 51.2 Å². The number of halogens is 1. The molecule has 5 atom stereocenters. The van der Waals surface area contributed by atoms with Crippen LogP contribution >= 0.6 is 15.9 Å². The zero-order valence-electron chi connectivity index (χ0n) is 11.7. The third-order valence-corrected chi connectivity index (χ3v) is 5.89. The molecular formula is C15H24BrNO2. The van der Waals surface area contributed by atoms with Crippen molar-refractivity contribution in [3.63, 3.8) is 0 Å². The molecule has 1 amide bonds. The highest BCUT2D eigenvalue weighted by atomic mass is 79.9. The van der Waals surface area contributed by atoms with Gasteiger partial charge in [-0.2, -0.15) is 0 Å². The number of fused-ring (bicyclic) bond motifs is 2. The fourth-order valence-electron chi connectivity index (χ4n) is 4.31. The van der Waals surface area contributed by atoms with Crippen LogP contribution in [0.5, 0.6) is 0 Å². The van der Waals surface area contributed by atoms with Gasteiger partial charge in [-0.15, -0.1) is 0 Å². The molecule has 0 radical (unpaired) electrons. The Kier molecular flexibility index (Phi) is 4.18. The lowest BCUT2D eigenvalue weighted by atomic mass is 9.86. The van der Waals surface area contributed by atoms with Gasteiger partial charge in [-0.25, -0.2) is 0 Å². The predicted octanol–water partition coefficient (Wildman–Crippen LogP) is 2.82. The Morgan fingerprint density at radius 1 is 1.32 bits per heavy atom. The number of rotatable bonds is 3. The Hall–Kier alpha value is -0.0900. The van der Waals surface area contributed by atoms with E-state index in [1.54, 1.807) is 0 Å². The number of morpholine rings is 1. The van der Waals surface area contributed by atoms with Gasteiger partial charge in [-0.1, -0.05) is 22.4 Å². The maximum atomic E-state index is 12.5. The highest BCUT2D eigenvalue weighted by Crippen LogP contribution is 2.49. The molecule has 2 bridgehead atoms. The van der Waals surface area contributed by atoms with Crippen molar-refractivity contribution in [1.82, 2.24) is 4.90 Å². The first-order valence-corrected chi connectivity index (χ1v) is 8.77. The van der Waals surface area contributed by atoms with Crippen LogP contribution in [0, 0.1) is 17.8 Å². The van der Waals surface area contributed by atoms with Crippen LogP contribution in [0.15, 0.2) is 0 Å². The van der Waals surface area contributed by atoms with Crippen LogP contribution in [-0.2, 0) is 9.53 Å². The molecule has 0 aromatic heterocycles. The van der Waals surface area contributed by atoms with E-state index < -0.39 is 0 Å². The Bertz CT molecular complexity index is 349. The number of carbonyl (C=O) groups excluding carboxylic acids is 1. The lowest BCUT2D eigenvalue weighted by Gasteiger charge is -2.37. The fraction of sp³-hybridized carbons (Fsp3) is 0.933. The second-order valence-electron chi connectivity index (χ2n) is 6.66. The van der Waals surface area contributed by atoms with Gasteiger partial charge in [0.1, 0.15) is 0 Å². The van der Waals surface area contributed by atoms with Crippen LogP contribution in [0.1, 0.15) is 39.0 Å². The Morgan fingerprint density at radius 2 is 2.16 bits per heavy atom. The summed E-state index contributed by atoms with van der Waals surface area (Å²) in [6, 6.07) is 0. The number of amides is 1. The van der Waals surface area contributed by atoms with E-state index in [1.807, 2.05) is 4.90 Å². The van der Waals surface area contributed by atoms with E-state index in [0.29, 0.717) is 11.8 Å². The Labute approximate surface area is 124 Å². The molecule has 0 spiro atoms. The van der Waals surface area contributed by atoms with E-state index in [4.69, 9.17) is 4.74 Å². The van der Waals surface area contributed by atoms with Gasteiger partial charge in [-0.3, -0.25) is 4.79 Å². The smallest absolute Gasteiger partial charge is 0.223 e. The first kappa shape index (κ1) is 13.9. The van der Waals surface area contributed by atoms with Crippen LogP contribution in [0.4, 0.5) is 0 Å². The molecule has 3 nitrogen and oxygen atoms in total. The molecule has 2 aliphatic carbocycles. The third-order valence-electron chi connectivity index (χ3n) is 5.17. The molecule has 3 rings (SSSR count). The number of alkyl halides is 1. The lowest BCUT2D eigenvalue weighted by molar-refractivity contribution is -0.144. The van der Waals surface area contributed by atoms with Crippen LogP contribution in [0.25, 0.3) is 0 Å². The zero-order chi connectivity index (χ0) is 13.4. The van der Waals surface area contributed by atoms with Gasteiger partial charge >= 0.3 is 0 Å². The van der Waals surface area contributed by atoms with E-state index in [2.05, 4.69) is 22.9 Å². The quantitative estimate of drug-likeness (QED) is 0.745. The van der Waals surface area contributed by atoms with Gasteiger partial charge in [0, 0.05) is 24.8 Å². The number of hydrogen-bond acceptors (Lipinski definition) is 2. The maximum Gasteiger partial charge on any atom is 0.223 e. The minimum Gasteiger partial charge on any atom is -0.371 e. The van der Waals surface area contributed by atoms with Crippen molar-refractivity contribution >= 4 is 21.8 Å². The van der Waals surface area contributed by atoms with E-state index in [1.165, 1.54) is 25.7 Å². The largest absolute Gasteiger partial charge is 0.371 e. The number of ether oxygens (including phenoxy) is 1. The van der Waals surface area contributed by atoms with Crippen LogP contribution in [0.2, 0.25) is 0 Å². The number of hydrogen-bond donors (Lipinski definition) is 0. The molecule has 5 unspecified atom stereocenters. The second kappa shape index (κ2) is 5.72. The van der Waals surface area contributed by atoms with Crippen molar-refractivity contribution < 1.29 is 9.53 Å². The van der Waals surface area contributed by atoms with Crippen molar-refractivity contribution in [2.75, 3.05) is 18.4 Å². The van der Waals surface area contributed by atoms with E-state index in [-0.39, 0.29) is 12.2 Å². The van der Waals surface area contributed by atoms with Crippen LogP contribution in [0.3, 0.4) is 0 Å². The van der Waals surface area contributed by atoms with Gasteiger partial charge in [0.2, 0.25) is 5.91 Å². The molecule has 0 N–H and O–H groups in total. The van der Waals surface area contributed by atoms with Gasteiger partial charge < -0.3 is 9.64 Å². The average Bonchev–Trinajstić information content (AvgIpc) is 3.00. The van der Waals surface area contributed by atoms with Crippen molar-refractivity contribution in [3.05, 3.63) is 0 Å². The summed E-state index contributed by atoms with van der Waals surface area (Å²) in [6.07, 6.45) is 6.58. The van der Waals surface area contributed by atoms with Crippen LogP contribution < -0.4 is 0 Å². The predicted molar refractivity (Wildman–Crippen MR) is 78.3 cm³/mol.